The van der Waals surface area contributed by atoms with E-state index < -0.39 is 6.04 Å². The molecule has 1 aliphatic rings. The molecule has 21 heavy (non-hydrogen) atoms. The average Bonchev–Trinajstić information content (AvgIpc) is 2.55. The maximum absolute atomic E-state index is 12.7. The number of hydrogen-bond donors (Lipinski definition) is 1. The van der Waals surface area contributed by atoms with Gasteiger partial charge in [0.1, 0.15) is 6.04 Å². The van der Waals surface area contributed by atoms with Crippen LogP contribution in [0.3, 0.4) is 0 Å². The van der Waals surface area contributed by atoms with Crippen LogP contribution in [0.2, 0.25) is 0 Å². The van der Waals surface area contributed by atoms with Crippen LogP contribution in [0, 0.1) is 5.92 Å². The van der Waals surface area contributed by atoms with E-state index in [0.29, 0.717) is 13.0 Å². The van der Waals surface area contributed by atoms with Gasteiger partial charge >= 0.3 is 0 Å². The second-order valence-electron chi connectivity index (χ2n) is 5.85. The molecule has 0 fully saturated rings. The number of hydrogen-bond acceptors (Lipinski definition) is 2. The van der Waals surface area contributed by atoms with E-state index in [2.05, 4.69) is 11.9 Å². The van der Waals surface area contributed by atoms with Gasteiger partial charge in [0.2, 0.25) is 11.8 Å². The van der Waals surface area contributed by atoms with Gasteiger partial charge in [-0.15, -0.1) is 6.58 Å². The number of allylic oxidation sites excluding steroid dienone is 1. The molecule has 4 heteroatoms. The Morgan fingerprint density at radius 3 is 2.81 bits per heavy atom. The van der Waals surface area contributed by atoms with Crippen molar-refractivity contribution >= 4 is 17.5 Å². The van der Waals surface area contributed by atoms with Gasteiger partial charge in [-0.1, -0.05) is 30.7 Å². The quantitative estimate of drug-likeness (QED) is 0.868. The van der Waals surface area contributed by atoms with Crippen LogP contribution in [0.25, 0.3) is 0 Å². The molecule has 2 unspecified atom stereocenters. The minimum absolute atomic E-state index is 0.00245. The maximum Gasteiger partial charge on any atom is 0.246 e. The molecule has 1 heterocycles. The molecular formula is C17H22N2O2. The van der Waals surface area contributed by atoms with E-state index in [4.69, 9.17) is 0 Å². The van der Waals surface area contributed by atoms with Crippen molar-refractivity contribution in [2.45, 2.75) is 39.8 Å². The number of anilines is 1. The largest absolute Gasteiger partial charge is 0.326 e. The van der Waals surface area contributed by atoms with Crippen LogP contribution in [0.1, 0.15) is 32.8 Å². The topological polar surface area (TPSA) is 49.4 Å². The summed E-state index contributed by atoms with van der Waals surface area (Å²) in [6, 6.07) is 7.13. The van der Waals surface area contributed by atoms with Crippen molar-refractivity contribution in [2.75, 3.05) is 5.32 Å². The molecule has 0 aliphatic carbocycles. The molecule has 2 amide bonds. The summed E-state index contributed by atoms with van der Waals surface area (Å²) in [5.41, 5.74) is 2.73. The van der Waals surface area contributed by atoms with Crippen LogP contribution >= 0.6 is 0 Å². The van der Waals surface area contributed by atoms with E-state index in [1.54, 1.807) is 11.8 Å². The predicted molar refractivity (Wildman–Crippen MR) is 83.7 cm³/mol. The zero-order valence-electron chi connectivity index (χ0n) is 12.8. The lowest BCUT2D eigenvalue weighted by molar-refractivity contribution is -0.141. The summed E-state index contributed by atoms with van der Waals surface area (Å²) in [5.74, 6) is -0.309. The summed E-state index contributed by atoms with van der Waals surface area (Å²) in [7, 11) is 0. The van der Waals surface area contributed by atoms with Crippen molar-refractivity contribution < 1.29 is 9.59 Å². The van der Waals surface area contributed by atoms with Crippen molar-refractivity contribution in [3.8, 4) is 0 Å². The Morgan fingerprint density at radius 2 is 2.14 bits per heavy atom. The van der Waals surface area contributed by atoms with Gasteiger partial charge in [-0.25, -0.2) is 0 Å². The summed E-state index contributed by atoms with van der Waals surface area (Å²) in [6.45, 7) is 9.89. The molecule has 1 N–H and O–H groups in total. The highest BCUT2D eigenvalue weighted by Gasteiger charge is 2.32. The monoisotopic (exact) mass is 286 g/mol. The molecule has 0 bridgehead atoms. The van der Waals surface area contributed by atoms with Crippen molar-refractivity contribution in [1.29, 1.82) is 0 Å². The predicted octanol–water partition coefficient (Wildman–Crippen LogP) is 2.96. The number of amides is 2. The minimum atomic E-state index is -0.475. The Morgan fingerprint density at radius 1 is 1.48 bits per heavy atom. The summed E-state index contributed by atoms with van der Waals surface area (Å²) in [5, 5.41) is 2.89. The molecule has 1 aromatic rings. The molecule has 2 atom stereocenters. The lowest BCUT2D eigenvalue weighted by Crippen LogP contribution is -2.45. The average molecular weight is 286 g/mol. The first-order valence-corrected chi connectivity index (χ1v) is 7.23. The number of nitrogens with one attached hydrogen (secondary N) is 1. The number of nitrogens with zero attached hydrogens (tertiary/aromatic N) is 1. The second kappa shape index (κ2) is 6.12. The van der Waals surface area contributed by atoms with E-state index in [1.807, 2.05) is 38.1 Å². The van der Waals surface area contributed by atoms with Gasteiger partial charge in [-0.05, 0) is 31.9 Å². The van der Waals surface area contributed by atoms with E-state index >= 15 is 0 Å². The van der Waals surface area contributed by atoms with E-state index in [-0.39, 0.29) is 17.7 Å². The summed E-state index contributed by atoms with van der Waals surface area (Å²) >= 11 is 0. The highest BCUT2D eigenvalue weighted by molar-refractivity contribution is 5.98. The number of benzene rings is 1. The Bertz CT molecular complexity index is 580. The van der Waals surface area contributed by atoms with Gasteiger partial charge in [0.15, 0.2) is 0 Å². The van der Waals surface area contributed by atoms with Crippen molar-refractivity contribution in [2.24, 2.45) is 5.92 Å². The molecule has 4 nitrogen and oxygen atoms in total. The summed E-state index contributed by atoms with van der Waals surface area (Å²) in [6.07, 6.45) is 0.644. The maximum atomic E-state index is 12.7. The van der Waals surface area contributed by atoms with Crippen molar-refractivity contribution in [1.82, 2.24) is 4.90 Å². The molecule has 1 aromatic carbocycles. The Labute approximate surface area is 125 Å². The van der Waals surface area contributed by atoms with E-state index in [9.17, 15) is 9.59 Å². The molecule has 2 rings (SSSR count). The van der Waals surface area contributed by atoms with Crippen LogP contribution in [-0.2, 0) is 16.1 Å². The smallest absolute Gasteiger partial charge is 0.246 e. The zero-order chi connectivity index (χ0) is 15.6. The Kier molecular flexibility index (Phi) is 4.46. The third-order valence-electron chi connectivity index (χ3n) is 3.82. The lowest BCUT2D eigenvalue weighted by Gasteiger charge is -2.28. The summed E-state index contributed by atoms with van der Waals surface area (Å²) in [4.78, 5) is 26.5. The Hall–Kier alpha value is -2.10. The van der Waals surface area contributed by atoms with Crippen LogP contribution in [0.4, 0.5) is 5.69 Å². The Balaban J connectivity index is 2.28. The van der Waals surface area contributed by atoms with Crippen LogP contribution in [-0.4, -0.2) is 22.8 Å². The fourth-order valence-electron chi connectivity index (χ4n) is 2.64. The van der Waals surface area contributed by atoms with Gasteiger partial charge in [0.05, 0.1) is 0 Å². The molecule has 0 saturated carbocycles. The first-order chi connectivity index (χ1) is 9.90. The third kappa shape index (κ3) is 3.32. The molecular weight excluding hydrogens is 264 g/mol. The first kappa shape index (κ1) is 15.3. The van der Waals surface area contributed by atoms with Gasteiger partial charge < -0.3 is 10.2 Å². The number of carbonyl (C=O) groups excluding carboxylic acids is 2. The molecule has 0 saturated heterocycles. The van der Waals surface area contributed by atoms with Gasteiger partial charge in [-0.3, -0.25) is 9.59 Å². The van der Waals surface area contributed by atoms with Crippen molar-refractivity contribution in [3.05, 3.63) is 42.0 Å². The highest BCUT2D eigenvalue weighted by atomic mass is 16.2. The second-order valence-corrected chi connectivity index (χ2v) is 5.85. The van der Waals surface area contributed by atoms with E-state index in [1.165, 1.54) is 0 Å². The van der Waals surface area contributed by atoms with Crippen LogP contribution in [0.5, 0.6) is 0 Å². The minimum Gasteiger partial charge on any atom is -0.326 e. The van der Waals surface area contributed by atoms with Crippen molar-refractivity contribution in [3.63, 3.8) is 0 Å². The summed E-state index contributed by atoms with van der Waals surface area (Å²) < 4.78 is 0. The van der Waals surface area contributed by atoms with Gasteiger partial charge in [0, 0.05) is 18.2 Å². The SMILES string of the molecule is C=C(C)CC(C)C(=O)N1Cc2ccccc2NC(=O)C1C. The fourth-order valence-corrected chi connectivity index (χ4v) is 2.64. The molecule has 0 radical (unpaired) electrons. The molecule has 1 aliphatic heterocycles. The molecule has 0 aromatic heterocycles. The number of para-hydroxylation sites is 1. The zero-order valence-corrected chi connectivity index (χ0v) is 12.8. The fraction of sp³-hybridized carbons (Fsp3) is 0.412. The van der Waals surface area contributed by atoms with Crippen LogP contribution in [0.15, 0.2) is 36.4 Å². The molecule has 0 spiro atoms. The van der Waals surface area contributed by atoms with Gasteiger partial charge in [-0.2, -0.15) is 0 Å². The number of rotatable bonds is 3. The lowest BCUT2D eigenvalue weighted by atomic mass is 10.0. The number of carbonyl (C=O) groups is 2. The highest BCUT2D eigenvalue weighted by Crippen LogP contribution is 2.25. The van der Waals surface area contributed by atoms with E-state index in [0.717, 1.165) is 16.8 Å². The normalized spacial score (nSPS) is 19.3. The molecule has 112 valence electrons. The van der Waals surface area contributed by atoms with Gasteiger partial charge in [0.25, 0.3) is 0 Å². The number of fused-ring (bicyclic) bond motifs is 1. The first-order valence-electron chi connectivity index (χ1n) is 7.23. The standard InChI is InChI=1S/C17H22N2O2/c1-11(2)9-12(3)17(21)19-10-14-7-5-6-8-15(14)18-16(20)13(19)4/h5-8,12-13H,1,9-10H2,2-4H3,(H,18,20). The third-order valence-corrected chi connectivity index (χ3v) is 3.82. The van der Waals surface area contributed by atoms with Crippen LogP contribution < -0.4 is 5.32 Å².